The third-order valence-electron chi connectivity index (χ3n) is 2.62. The molecule has 0 spiro atoms. The maximum Gasteiger partial charge on any atom is 0.125 e. The molecule has 5 heteroatoms. The molecule has 0 saturated carbocycles. The highest BCUT2D eigenvalue weighted by Gasteiger charge is 2.08. The second-order valence-corrected chi connectivity index (χ2v) is 4.55. The highest BCUT2D eigenvalue weighted by molar-refractivity contribution is 5.73. The average Bonchev–Trinajstić information content (AvgIpc) is 2.75. The van der Waals surface area contributed by atoms with Crippen molar-refractivity contribution in [2.75, 3.05) is 5.73 Å². The lowest BCUT2D eigenvalue weighted by Crippen LogP contribution is -2.21. The summed E-state index contributed by atoms with van der Waals surface area (Å²) in [4.78, 5) is 0. The number of rotatable bonds is 4. The number of nitrogen functional groups attached to an aromatic ring is 1. The van der Waals surface area contributed by atoms with Crippen LogP contribution >= 0.6 is 0 Å². The standard InChI is InChI=1S/C13H17FN4/c1-8(2)16-7-10-6-13(18-17-10)11-4-3-9(14)5-12(11)15/h3-6,8,16H,7,15H2,1-2H3,(H,17,18). The lowest BCUT2D eigenvalue weighted by molar-refractivity contribution is 0.580. The lowest BCUT2D eigenvalue weighted by atomic mass is 10.1. The van der Waals surface area contributed by atoms with Crippen molar-refractivity contribution in [3.05, 3.63) is 35.8 Å². The quantitative estimate of drug-likeness (QED) is 0.727. The molecule has 0 aliphatic heterocycles. The van der Waals surface area contributed by atoms with E-state index in [2.05, 4.69) is 29.4 Å². The van der Waals surface area contributed by atoms with Crippen molar-refractivity contribution in [1.82, 2.24) is 15.5 Å². The van der Waals surface area contributed by atoms with Crippen LogP contribution < -0.4 is 11.1 Å². The molecule has 1 heterocycles. The first-order chi connectivity index (χ1) is 8.56. The number of hydrogen-bond donors (Lipinski definition) is 3. The number of aromatic amines is 1. The molecule has 0 radical (unpaired) electrons. The molecular weight excluding hydrogens is 231 g/mol. The first kappa shape index (κ1) is 12.6. The number of nitrogens with one attached hydrogen (secondary N) is 2. The minimum atomic E-state index is -0.339. The van der Waals surface area contributed by atoms with Crippen LogP contribution in [0.4, 0.5) is 10.1 Å². The van der Waals surface area contributed by atoms with E-state index < -0.39 is 0 Å². The van der Waals surface area contributed by atoms with Crippen LogP contribution in [0.1, 0.15) is 19.5 Å². The van der Waals surface area contributed by atoms with Gasteiger partial charge in [0.15, 0.2) is 0 Å². The molecule has 4 N–H and O–H groups in total. The molecule has 0 saturated heterocycles. The van der Waals surface area contributed by atoms with Crippen LogP contribution in [0.15, 0.2) is 24.3 Å². The molecule has 0 fully saturated rings. The summed E-state index contributed by atoms with van der Waals surface area (Å²) < 4.78 is 13.0. The van der Waals surface area contributed by atoms with E-state index in [9.17, 15) is 4.39 Å². The summed E-state index contributed by atoms with van der Waals surface area (Å²) in [7, 11) is 0. The Hall–Kier alpha value is -1.88. The van der Waals surface area contributed by atoms with E-state index >= 15 is 0 Å². The van der Waals surface area contributed by atoms with Crippen LogP contribution in [0.3, 0.4) is 0 Å². The van der Waals surface area contributed by atoms with E-state index in [1.807, 2.05) is 6.07 Å². The predicted molar refractivity (Wildman–Crippen MR) is 70.4 cm³/mol. The van der Waals surface area contributed by atoms with E-state index in [0.717, 1.165) is 17.0 Å². The molecule has 18 heavy (non-hydrogen) atoms. The summed E-state index contributed by atoms with van der Waals surface area (Å²) in [5.41, 5.74) is 8.61. The van der Waals surface area contributed by atoms with Crippen molar-refractivity contribution in [2.24, 2.45) is 0 Å². The highest BCUT2D eigenvalue weighted by Crippen LogP contribution is 2.25. The van der Waals surface area contributed by atoms with Crippen molar-refractivity contribution in [3.63, 3.8) is 0 Å². The van der Waals surface area contributed by atoms with Gasteiger partial charge < -0.3 is 11.1 Å². The Labute approximate surface area is 105 Å². The molecule has 1 aromatic heterocycles. The molecule has 1 aromatic carbocycles. The number of benzene rings is 1. The smallest absolute Gasteiger partial charge is 0.125 e. The Bertz CT molecular complexity index is 534. The van der Waals surface area contributed by atoms with Gasteiger partial charge in [-0.05, 0) is 24.3 Å². The number of H-pyrrole nitrogens is 1. The summed E-state index contributed by atoms with van der Waals surface area (Å²) in [5.74, 6) is -0.339. The van der Waals surface area contributed by atoms with Crippen molar-refractivity contribution >= 4 is 5.69 Å². The molecule has 0 amide bonds. The van der Waals surface area contributed by atoms with E-state index in [4.69, 9.17) is 5.73 Å². The molecule has 4 nitrogen and oxygen atoms in total. The van der Waals surface area contributed by atoms with Crippen molar-refractivity contribution in [3.8, 4) is 11.3 Å². The summed E-state index contributed by atoms with van der Waals surface area (Å²) >= 11 is 0. The van der Waals surface area contributed by atoms with Gasteiger partial charge in [0.1, 0.15) is 5.82 Å². The molecule has 0 aliphatic rings. The van der Waals surface area contributed by atoms with Crippen LogP contribution in [-0.2, 0) is 6.54 Å². The van der Waals surface area contributed by atoms with Gasteiger partial charge in [-0.2, -0.15) is 5.10 Å². The monoisotopic (exact) mass is 248 g/mol. The average molecular weight is 248 g/mol. The molecular formula is C13H17FN4. The third-order valence-corrected chi connectivity index (χ3v) is 2.62. The first-order valence-corrected chi connectivity index (χ1v) is 5.89. The van der Waals surface area contributed by atoms with E-state index in [1.54, 1.807) is 6.07 Å². The summed E-state index contributed by atoms with van der Waals surface area (Å²) in [5, 5.41) is 10.4. The van der Waals surface area contributed by atoms with Gasteiger partial charge in [0, 0.05) is 29.5 Å². The number of halogens is 1. The summed E-state index contributed by atoms with van der Waals surface area (Å²) in [6.07, 6.45) is 0. The Morgan fingerprint density at radius 1 is 1.39 bits per heavy atom. The normalized spacial score (nSPS) is 11.1. The molecule has 2 rings (SSSR count). The lowest BCUT2D eigenvalue weighted by Gasteiger charge is -2.05. The SMILES string of the molecule is CC(C)NCc1cc(-c2ccc(F)cc2N)n[nH]1. The Kier molecular flexibility index (Phi) is 3.62. The number of anilines is 1. The number of nitrogens with two attached hydrogens (primary N) is 1. The molecule has 0 bridgehead atoms. The van der Waals surface area contributed by atoms with Gasteiger partial charge in [-0.15, -0.1) is 0 Å². The van der Waals surface area contributed by atoms with E-state index in [-0.39, 0.29) is 5.82 Å². The summed E-state index contributed by atoms with van der Waals surface area (Å²) in [6, 6.07) is 6.65. The Balaban J connectivity index is 2.18. The van der Waals surface area contributed by atoms with Crippen LogP contribution in [-0.4, -0.2) is 16.2 Å². The maximum absolute atomic E-state index is 13.0. The minimum Gasteiger partial charge on any atom is -0.398 e. The van der Waals surface area contributed by atoms with Gasteiger partial charge in [0.05, 0.1) is 5.69 Å². The van der Waals surface area contributed by atoms with Gasteiger partial charge in [0.2, 0.25) is 0 Å². The van der Waals surface area contributed by atoms with Crippen LogP contribution in [0.5, 0.6) is 0 Å². The molecule has 0 unspecified atom stereocenters. The largest absolute Gasteiger partial charge is 0.398 e. The maximum atomic E-state index is 13.0. The number of nitrogens with zero attached hydrogens (tertiary/aromatic N) is 1. The number of aromatic nitrogens is 2. The Morgan fingerprint density at radius 3 is 2.83 bits per heavy atom. The minimum absolute atomic E-state index is 0.339. The first-order valence-electron chi connectivity index (χ1n) is 5.89. The van der Waals surface area contributed by atoms with Crippen LogP contribution in [0.25, 0.3) is 11.3 Å². The third kappa shape index (κ3) is 2.87. The highest BCUT2D eigenvalue weighted by atomic mass is 19.1. The van der Waals surface area contributed by atoms with Gasteiger partial charge >= 0.3 is 0 Å². The fourth-order valence-corrected chi connectivity index (χ4v) is 1.67. The fraction of sp³-hybridized carbons (Fsp3) is 0.308. The van der Waals surface area contributed by atoms with Gasteiger partial charge in [-0.3, -0.25) is 5.10 Å². The topological polar surface area (TPSA) is 66.7 Å². The zero-order valence-electron chi connectivity index (χ0n) is 10.5. The van der Waals surface area contributed by atoms with Crippen LogP contribution in [0.2, 0.25) is 0 Å². The second-order valence-electron chi connectivity index (χ2n) is 4.55. The van der Waals surface area contributed by atoms with Gasteiger partial charge in [-0.1, -0.05) is 13.8 Å². The van der Waals surface area contributed by atoms with Crippen molar-refractivity contribution in [2.45, 2.75) is 26.4 Å². The van der Waals surface area contributed by atoms with Gasteiger partial charge in [-0.25, -0.2) is 4.39 Å². The molecule has 96 valence electrons. The zero-order valence-corrected chi connectivity index (χ0v) is 10.5. The second kappa shape index (κ2) is 5.18. The predicted octanol–water partition coefficient (Wildman–Crippen LogP) is 2.30. The summed E-state index contributed by atoms with van der Waals surface area (Å²) in [6.45, 7) is 4.87. The fourth-order valence-electron chi connectivity index (χ4n) is 1.67. The van der Waals surface area contributed by atoms with Gasteiger partial charge in [0.25, 0.3) is 0 Å². The van der Waals surface area contributed by atoms with Crippen LogP contribution in [0, 0.1) is 5.82 Å². The van der Waals surface area contributed by atoms with Crippen molar-refractivity contribution in [1.29, 1.82) is 0 Å². The number of hydrogen-bond acceptors (Lipinski definition) is 3. The Morgan fingerprint density at radius 2 is 2.17 bits per heavy atom. The van der Waals surface area contributed by atoms with E-state index in [1.165, 1.54) is 12.1 Å². The molecule has 0 aliphatic carbocycles. The van der Waals surface area contributed by atoms with Crippen molar-refractivity contribution < 1.29 is 4.39 Å². The molecule has 2 aromatic rings. The molecule has 0 atom stereocenters. The zero-order chi connectivity index (χ0) is 13.1. The van der Waals surface area contributed by atoms with E-state index in [0.29, 0.717) is 18.3 Å².